The number of hydrogen-bond donors (Lipinski definition) is 2. The molecule has 33 heavy (non-hydrogen) atoms. The minimum absolute atomic E-state index is 0.164. The Morgan fingerprint density at radius 2 is 1.79 bits per heavy atom. The summed E-state index contributed by atoms with van der Waals surface area (Å²) in [5.74, 6) is -2.58. The number of thiocarbonyl (C=S) groups is 1. The van der Waals surface area contributed by atoms with Gasteiger partial charge in [-0.2, -0.15) is 0 Å². The summed E-state index contributed by atoms with van der Waals surface area (Å²) in [6.07, 6.45) is 1.08. The molecule has 13 heteroatoms. The molecule has 3 aromatic rings. The normalized spacial score (nSPS) is 10.5. The van der Waals surface area contributed by atoms with Crippen LogP contribution in [0.5, 0.6) is 11.6 Å². The zero-order valence-corrected chi connectivity index (χ0v) is 20.5. The molecule has 0 aliphatic rings. The second kappa shape index (κ2) is 10.3. The molecule has 8 nitrogen and oxygen atoms in total. The van der Waals surface area contributed by atoms with E-state index in [0.717, 1.165) is 24.4 Å². The highest BCUT2D eigenvalue weighted by molar-refractivity contribution is 9.11. The summed E-state index contributed by atoms with van der Waals surface area (Å²) in [6.45, 7) is 1.62. The number of aromatic nitrogens is 1. The van der Waals surface area contributed by atoms with Crippen molar-refractivity contribution in [1.82, 2.24) is 10.3 Å². The quantitative estimate of drug-likeness (QED) is 0.209. The Hall–Kier alpha value is -3.03. The average Bonchev–Trinajstić information content (AvgIpc) is 2.71. The third kappa shape index (κ3) is 5.86. The first-order chi connectivity index (χ1) is 15.6. The molecule has 0 unspecified atom stereocenters. The molecule has 0 bridgehead atoms. The van der Waals surface area contributed by atoms with Gasteiger partial charge in [0.1, 0.15) is 23.4 Å². The molecule has 3 rings (SSSR count). The molecule has 0 fully saturated rings. The standard InChI is InChI=1S/C20H12Br2F2N4O4S/c1-9-5-11(28(30)31)8-25-19(9)32-17-12(21)6-10(7-13(17)22)26-20(33)27-18(29)16-14(23)3-2-4-15(16)24/h2-8H,1H3,(H2,26,27,29,33). The predicted molar refractivity (Wildman–Crippen MR) is 128 cm³/mol. The fraction of sp³-hybridized carbons (Fsp3) is 0.0500. The van der Waals surface area contributed by atoms with Gasteiger partial charge in [0.25, 0.3) is 11.6 Å². The number of carbonyl (C=O) groups excluding carboxylic acids is 1. The van der Waals surface area contributed by atoms with Gasteiger partial charge < -0.3 is 10.1 Å². The summed E-state index contributed by atoms with van der Waals surface area (Å²) in [5, 5.41) is 15.6. The van der Waals surface area contributed by atoms with Crippen molar-refractivity contribution in [3.63, 3.8) is 0 Å². The van der Waals surface area contributed by atoms with E-state index in [0.29, 0.717) is 25.9 Å². The van der Waals surface area contributed by atoms with E-state index in [-0.39, 0.29) is 16.7 Å². The van der Waals surface area contributed by atoms with Crippen LogP contribution in [0, 0.1) is 28.7 Å². The van der Waals surface area contributed by atoms with Crippen LogP contribution in [0.25, 0.3) is 0 Å². The molecule has 2 N–H and O–H groups in total. The summed E-state index contributed by atoms with van der Waals surface area (Å²) >= 11 is 11.8. The minimum atomic E-state index is -1.04. The first-order valence-corrected chi connectivity index (χ1v) is 10.9. The monoisotopic (exact) mass is 600 g/mol. The molecular formula is C20H12Br2F2N4O4S. The Labute approximate surface area is 207 Å². The maximum absolute atomic E-state index is 13.8. The SMILES string of the molecule is Cc1cc([N+](=O)[O-])cnc1Oc1c(Br)cc(NC(=S)NC(=O)c2c(F)cccc2F)cc1Br. The topological polar surface area (TPSA) is 106 Å². The van der Waals surface area contributed by atoms with Gasteiger partial charge in [-0.15, -0.1) is 0 Å². The van der Waals surface area contributed by atoms with E-state index < -0.39 is 28.0 Å². The minimum Gasteiger partial charge on any atom is -0.436 e. The van der Waals surface area contributed by atoms with Gasteiger partial charge in [-0.25, -0.2) is 13.8 Å². The van der Waals surface area contributed by atoms with Gasteiger partial charge in [0.15, 0.2) is 10.9 Å². The van der Waals surface area contributed by atoms with Gasteiger partial charge >= 0.3 is 0 Å². The lowest BCUT2D eigenvalue weighted by Crippen LogP contribution is -2.35. The molecule has 0 aliphatic heterocycles. The lowest BCUT2D eigenvalue weighted by atomic mass is 10.2. The molecule has 170 valence electrons. The largest absolute Gasteiger partial charge is 0.436 e. The fourth-order valence-corrected chi connectivity index (χ4v) is 4.18. The van der Waals surface area contributed by atoms with Crippen LogP contribution in [0.4, 0.5) is 20.2 Å². The van der Waals surface area contributed by atoms with Crippen molar-refractivity contribution >= 4 is 66.5 Å². The lowest BCUT2D eigenvalue weighted by molar-refractivity contribution is -0.385. The van der Waals surface area contributed by atoms with Crippen LogP contribution in [-0.4, -0.2) is 20.9 Å². The Bertz CT molecular complexity index is 1250. The third-order valence-corrected chi connectivity index (χ3v) is 5.48. The molecule has 0 radical (unpaired) electrons. The van der Waals surface area contributed by atoms with Gasteiger partial charge in [-0.3, -0.25) is 20.2 Å². The molecule has 0 atom stereocenters. The molecule has 0 aliphatic carbocycles. The zero-order chi connectivity index (χ0) is 24.3. The number of amides is 1. The highest BCUT2D eigenvalue weighted by atomic mass is 79.9. The molecule has 1 heterocycles. The van der Waals surface area contributed by atoms with E-state index in [2.05, 4.69) is 47.5 Å². The van der Waals surface area contributed by atoms with Crippen LogP contribution >= 0.6 is 44.1 Å². The number of nitrogens with zero attached hydrogens (tertiary/aromatic N) is 2. The lowest BCUT2D eigenvalue weighted by Gasteiger charge is -2.14. The van der Waals surface area contributed by atoms with Crippen molar-refractivity contribution in [2.45, 2.75) is 6.92 Å². The molecule has 1 amide bonds. The molecule has 0 saturated heterocycles. The molecule has 0 saturated carbocycles. The molecule has 1 aromatic heterocycles. The summed E-state index contributed by atoms with van der Waals surface area (Å²) in [6, 6.07) is 7.54. The second-order valence-electron chi connectivity index (χ2n) is 6.45. The van der Waals surface area contributed by atoms with E-state index in [1.807, 2.05) is 0 Å². The van der Waals surface area contributed by atoms with E-state index in [1.54, 1.807) is 19.1 Å². The van der Waals surface area contributed by atoms with Gasteiger partial charge in [0.2, 0.25) is 5.88 Å². The van der Waals surface area contributed by atoms with E-state index in [4.69, 9.17) is 17.0 Å². The third-order valence-electron chi connectivity index (χ3n) is 4.10. The fourth-order valence-electron chi connectivity index (χ4n) is 2.62. The van der Waals surface area contributed by atoms with Crippen molar-refractivity contribution in [2.24, 2.45) is 0 Å². The Morgan fingerprint density at radius 3 is 2.33 bits per heavy atom. The first-order valence-electron chi connectivity index (χ1n) is 8.91. The van der Waals surface area contributed by atoms with Crippen LogP contribution in [0.15, 0.2) is 51.5 Å². The molecule has 2 aromatic carbocycles. The molecular weight excluding hydrogens is 590 g/mol. The maximum Gasteiger partial charge on any atom is 0.288 e. The van der Waals surface area contributed by atoms with Crippen molar-refractivity contribution in [3.8, 4) is 11.6 Å². The Kier molecular flexibility index (Phi) is 7.66. The predicted octanol–water partition coefficient (Wildman–Crippen LogP) is 6.02. The number of halogens is 4. The van der Waals surface area contributed by atoms with Crippen molar-refractivity contribution in [2.75, 3.05) is 5.32 Å². The number of hydrogen-bond acceptors (Lipinski definition) is 6. The first kappa shape index (κ1) is 24.6. The highest BCUT2D eigenvalue weighted by Gasteiger charge is 2.19. The van der Waals surface area contributed by atoms with Crippen molar-refractivity contribution in [1.29, 1.82) is 0 Å². The number of benzene rings is 2. The van der Waals surface area contributed by atoms with Crippen LogP contribution in [-0.2, 0) is 0 Å². The summed E-state index contributed by atoms with van der Waals surface area (Å²) in [7, 11) is 0. The van der Waals surface area contributed by atoms with Gasteiger partial charge in [-0.05, 0) is 75.3 Å². The number of nitrogens with one attached hydrogen (secondary N) is 2. The zero-order valence-electron chi connectivity index (χ0n) is 16.5. The number of carbonyl (C=O) groups is 1. The van der Waals surface area contributed by atoms with Crippen molar-refractivity contribution in [3.05, 3.63) is 84.4 Å². The van der Waals surface area contributed by atoms with E-state index in [9.17, 15) is 23.7 Å². The summed E-state index contributed by atoms with van der Waals surface area (Å²) in [4.78, 5) is 26.5. The van der Waals surface area contributed by atoms with E-state index >= 15 is 0 Å². The smallest absolute Gasteiger partial charge is 0.288 e. The average molecular weight is 602 g/mol. The number of rotatable bonds is 5. The van der Waals surface area contributed by atoms with Gasteiger partial charge in [0, 0.05) is 17.3 Å². The highest BCUT2D eigenvalue weighted by Crippen LogP contribution is 2.39. The number of pyridine rings is 1. The van der Waals surface area contributed by atoms with E-state index in [1.165, 1.54) is 6.07 Å². The number of ether oxygens (including phenoxy) is 1. The number of anilines is 1. The van der Waals surface area contributed by atoms with Gasteiger partial charge in [0.05, 0.1) is 13.9 Å². The second-order valence-corrected chi connectivity index (χ2v) is 8.57. The maximum atomic E-state index is 13.8. The van der Waals surface area contributed by atoms with Crippen LogP contribution in [0.2, 0.25) is 0 Å². The summed E-state index contributed by atoms with van der Waals surface area (Å²) in [5.41, 5.74) is -0.0506. The van der Waals surface area contributed by atoms with Gasteiger partial charge in [-0.1, -0.05) is 6.07 Å². The number of nitro groups is 1. The van der Waals surface area contributed by atoms with Crippen LogP contribution in [0.3, 0.4) is 0 Å². The van der Waals surface area contributed by atoms with Crippen LogP contribution in [0.1, 0.15) is 15.9 Å². The summed E-state index contributed by atoms with van der Waals surface area (Å²) < 4.78 is 34.2. The molecule has 0 spiro atoms. The van der Waals surface area contributed by atoms with Crippen LogP contribution < -0.4 is 15.4 Å². The van der Waals surface area contributed by atoms with Crippen molar-refractivity contribution < 1.29 is 23.2 Å². The Morgan fingerprint density at radius 1 is 1.18 bits per heavy atom. The Balaban J connectivity index is 1.74. The number of aryl methyl sites for hydroxylation is 1.